The van der Waals surface area contributed by atoms with E-state index in [1.54, 1.807) is 6.92 Å². The van der Waals surface area contributed by atoms with Crippen LogP contribution in [-0.4, -0.2) is 75.3 Å². The molecule has 1 aliphatic heterocycles. The summed E-state index contributed by atoms with van der Waals surface area (Å²) in [4.78, 5) is 46.3. The minimum Gasteiger partial charge on any atom is -0.463 e. The number of carbonyl (C=O) groups excluding carboxylic acids is 4. The molecule has 29 heavy (non-hydrogen) atoms. The Morgan fingerprint density at radius 1 is 0.931 bits per heavy atom. The molecule has 13 nitrogen and oxygen atoms in total. The van der Waals surface area contributed by atoms with Gasteiger partial charge in [-0.25, -0.2) is 4.68 Å². The van der Waals surface area contributed by atoms with Gasteiger partial charge in [0, 0.05) is 27.7 Å². The molecule has 160 valence electrons. The maximum atomic E-state index is 11.8. The third kappa shape index (κ3) is 5.70. The van der Waals surface area contributed by atoms with Crippen molar-refractivity contribution in [1.82, 2.24) is 20.2 Å². The van der Waals surface area contributed by atoms with Crippen LogP contribution in [0.5, 0.6) is 0 Å². The quantitative estimate of drug-likeness (QED) is 0.423. The summed E-state index contributed by atoms with van der Waals surface area (Å²) in [5.74, 6) is -2.39. The molecule has 1 aromatic heterocycles. The summed E-state index contributed by atoms with van der Waals surface area (Å²) in [6.07, 6.45) is -4.83. The zero-order valence-corrected chi connectivity index (χ0v) is 16.6. The minimum atomic E-state index is -1.33. The van der Waals surface area contributed by atoms with Crippen molar-refractivity contribution >= 4 is 23.9 Å². The van der Waals surface area contributed by atoms with E-state index in [1.165, 1.54) is 11.6 Å². The summed E-state index contributed by atoms with van der Waals surface area (Å²) < 4.78 is 27.9. The van der Waals surface area contributed by atoms with E-state index in [-0.39, 0.29) is 6.61 Å². The van der Waals surface area contributed by atoms with E-state index in [2.05, 4.69) is 15.5 Å². The minimum absolute atomic E-state index is 0.299. The molecule has 0 unspecified atom stereocenters. The van der Waals surface area contributed by atoms with Crippen molar-refractivity contribution in [3.8, 4) is 0 Å². The number of esters is 4. The van der Waals surface area contributed by atoms with E-state index in [0.717, 1.165) is 20.8 Å². The van der Waals surface area contributed by atoms with E-state index in [4.69, 9.17) is 23.7 Å². The van der Waals surface area contributed by atoms with Crippen LogP contribution in [0, 0.1) is 6.92 Å². The third-order valence-corrected chi connectivity index (χ3v) is 3.89. The fourth-order valence-electron chi connectivity index (χ4n) is 2.92. The first-order chi connectivity index (χ1) is 13.6. The van der Waals surface area contributed by atoms with Crippen molar-refractivity contribution in [2.24, 2.45) is 0 Å². The van der Waals surface area contributed by atoms with Gasteiger partial charge in [0.2, 0.25) is 6.29 Å². The second-order valence-corrected chi connectivity index (χ2v) is 6.26. The van der Waals surface area contributed by atoms with Crippen LogP contribution < -0.4 is 0 Å². The lowest BCUT2D eigenvalue weighted by molar-refractivity contribution is -0.280. The number of tetrazole rings is 1. The topological polar surface area (TPSA) is 158 Å². The molecule has 0 saturated carbocycles. The summed E-state index contributed by atoms with van der Waals surface area (Å²) >= 11 is 0. The van der Waals surface area contributed by atoms with Crippen LogP contribution in [0.1, 0.15) is 39.6 Å². The molecule has 0 spiro atoms. The Hall–Kier alpha value is -3.09. The average Bonchev–Trinajstić information content (AvgIpc) is 3.00. The van der Waals surface area contributed by atoms with Crippen LogP contribution in [0.15, 0.2) is 0 Å². The molecular weight excluding hydrogens is 392 g/mol. The zero-order chi connectivity index (χ0) is 21.7. The van der Waals surface area contributed by atoms with Crippen LogP contribution in [0.2, 0.25) is 0 Å². The number of ether oxygens (including phenoxy) is 5. The number of aryl methyl sites for hydroxylation is 1. The summed E-state index contributed by atoms with van der Waals surface area (Å²) in [6, 6.07) is -1.07. The lowest BCUT2D eigenvalue weighted by Crippen LogP contribution is -2.60. The summed E-state index contributed by atoms with van der Waals surface area (Å²) in [5, 5.41) is 11.1. The highest BCUT2D eigenvalue weighted by atomic mass is 16.7. The standard InChI is InChI=1S/C16H22N4O9/c1-7-17-18-19-20(7)13-15(27-10(4)23)14(26-9(3)22)12(6-25-8(2)21)29-16(13)28-11(5)24/h12-16H,6H2,1-5H3/t12-,13-,14+,15-,16+/m1/s1. The second kappa shape index (κ2) is 9.41. The Morgan fingerprint density at radius 3 is 2.00 bits per heavy atom. The van der Waals surface area contributed by atoms with Gasteiger partial charge in [0.15, 0.2) is 18.2 Å². The number of carbonyl (C=O) groups is 4. The molecule has 2 rings (SSSR count). The Morgan fingerprint density at radius 2 is 1.52 bits per heavy atom. The van der Waals surface area contributed by atoms with E-state index in [0.29, 0.717) is 5.82 Å². The van der Waals surface area contributed by atoms with Crippen LogP contribution in [0.4, 0.5) is 0 Å². The van der Waals surface area contributed by atoms with Gasteiger partial charge in [-0.1, -0.05) is 0 Å². The van der Waals surface area contributed by atoms with Crippen molar-refractivity contribution in [1.29, 1.82) is 0 Å². The van der Waals surface area contributed by atoms with Crippen LogP contribution >= 0.6 is 0 Å². The Bertz CT molecular complexity index is 780. The maximum absolute atomic E-state index is 11.8. The van der Waals surface area contributed by atoms with Crippen molar-refractivity contribution in [2.45, 2.75) is 65.3 Å². The van der Waals surface area contributed by atoms with Crippen LogP contribution in [-0.2, 0) is 42.9 Å². The molecule has 0 aliphatic carbocycles. The van der Waals surface area contributed by atoms with Gasteiger partial charge >= 0.3 is 23.9 Å². The number of rotatable bonds is 6. The second-order valence-electron chi connectivity index (χ2n) is 6.26. The number of nitrogens with zero attached hydrogens (tertiary/aromatic N) is 4. The van der Waals surface area contributed by atoms with Crippen LogP contribution in [0.25, 0.3) is 0 Å². The maximum Gasteiger partial charge on any atom is 0.305 e. The molecule has 13 heteroatoms. The predicted octanol–water partition coefficient (Wildman–Crippen LogP) is -0.763. The molecule has 0 bridgehead atoms. The molecule has 1 aliphatic rings. The normalized spacial score (nSPS) is 26.3. The summed E-state index contributed by atoms with van der Waals surface area (Å²) in [7, 11) is 0. The molecule has 0 aromatic carbocycles. The predicted molar refractivity (Wildman–Crippen MR) is 89.8 cm³/mol. The molecule has 1 fully saturated rings. The molecule has 1 aromatic rings. The highest BCUT2D eigenvalue weighted by Gasteiger charge is 2.53. The van der Waals surface area contributed by atoms with Crippen molar-refractivity contribution in [2.75, 3.05) is 6.61 Å². The van der Waals surface area contributed by atoms with Crippen molar-refractivity contribution in [3.05, 3.63) is 5.82 Å². The number of hydrogen-bond donors (Lipinski definition) is 0. The summed E-state index contributed by atoms with van der Waals surface area (Å²) in [6.45, 7) is 5.89. The van der Waals surface area contributed by atoms with Gasteiger partial charge in [0.1, 0.15) is 18.5 Å². The third-order valence-electron chi connectivity index (χ3n) is 3.89. The SMILES string of the molecule is CC(=O)OC[C@H]1O[C@H](OC(C)=O)[C@H](n2nnnc2C)[C@@H](OC(C)=O)[C@H]1OC(C)=O. The van der Waals surface area contributed by atoms with Gasteiger partial charge in [-0.15, -0.1) is 5.10 Å². The highest BCUT2D eigenvalue weighted by molar-refractivity contribution is 5.68. The van der Waals surface area contributed by atoms with E-state index < -0.39 is 54.5 Å². The van der Waals surface area contributed by atoms with E-state index in [1.807, 2.05) is 0 Å². The highest BCUT2D eigenvalue weighted by Crippen LogP contribution is 2.35. The monoisotopic (exact) mass is 414 g/mol. The fraction of sp³-hybridized carbons (Fsp3) is 0.688. The first-order valence-corrected chi connectivity index (χ1v) is 8.65. The van der Waals surface area contributed by atoms with Crippen molar-refractivity contribution in [3.63, 3.8) is 0 Å². The molecule has 1 saturated heterocycles. The molecule has 2 heterocycles. The fourth-order valence-corrected chi connectivity index (χ4v) is 2.92. The van der Waals surface area contributed by atoms with Gasteiger partial charge in [-0.3, -0.25) is 19.2 Å². The smallest absolute Gasteiger partial charge is 0.305 e. The average molecular weight is 414 g/mol. The Balaban J connectivity index is 2.52. The molecule has 0 N–H and O–H groups in total. The van der Waals surface area contributed by atoms with E-state index >= 15 is 0 Å². The molecule has 0 radical (unpaired) electrons. The van der Waals surface area contributed by atoms with Crippen molar-refractivity contribution < 1.29 is 42.9 Å². The van der Waals surface area contributed by atoms with Gasteiger partial charge in [-0.05, 0) is 17.4 Å². The Kier molecular flexibility index (Phi) is 7.20. The first-order valence-electron chi connectivity index (χ1n) is 8.65. The lowest BCUT2D eigenvalue weighted by Gasteiger charge is -2.44. The van der Waals surface area contributed by atoms with Gasteiger partial charge in [-0.2, -0.15) is 0 Å². The molecule has 0 amide bonds. The molecule has 5 atom stereocenters. The number of hydrogen-bond acceptors (Lipinski definition) is 12. The lowest BCUT2D eigenvalue weighted by atomic mass is 9.96. The number of aromatic nitrogens is 4. The van der Waals surface area contributed by atoms with Gasteiger partial charge in [0.05, 0.1) is 0 Å². The van der Waals surface area contributed by atoms with Gasteiger partial charge < -0.3 is 23.7 Å². The summed E-state index contributed by atoms with van der Waals surface area (Å²) in [5.41, 5.74) is 0. The first kappa shape index (κ1) is 22.2. The zero-order valence-electron chi connectivity index (χ0n) is 16.6. The van der Waals surface area contributed by atoms with Gasteiger partial charge in [0.25, 0.3) is 0 Å². The Labute approximate surface area is 165 Å². The van der Waals surface area contributed by atoms with Crippen LogP contribution in [0.3, 0.4) is 0 Å². The molecular formula is C16H22N4O9. The van der Waals surface area contributed by atoms with E-state index in [9.17, 15) is 19.2 Å². The largest absolute Gasteiger partial charge is 0.463 e.